The van der Waals surface area contributed by atoms with Crippen LogP contribution in [0.4, 0.5) is 0 Å². The summed E-state index contributed by atoms with van der Waals surface area (Å²) in [7, 11) is 0. The van der Waals surface area contributed by atoms with E-state index in [0.29, 0.717) is 6.04 Å². The first-order chi connectivity index (χ1) is 7.45. The molecule has 1 aliphatic rings. The SMILES string of the molecule is c1ccc2c(c1)OCCC2n1cccc1. The van der Waals surface area contributed by atoms with Gasteiger partial charge in [-0.3, -0.25) is 0 Å². The van der Waals surface area contributed by atoms with Gasteiger partial charge in [0.1, 0.15) is 5.75 Å². The van der Waals surface area contributed by atoms with Crippen molar-refractivity contribution in [3.8, 4) is 5.75 Å². The third kappa shape index (κ3) is 1.42. The summed E-state index contributed by atoms with van der Waals surface area (Å²) < 4.78 is 7.89. The van der Waals surface area contributed by atoms with Gasteiger partial charge in [-0.15, -0.1) is 0 Å². The number of para-hydroxylation sites is 1. The van der Waals surface area contributed by atoms with E-state index < -0.39 is 0 Å². The highest BCUT2D eigenvalue weighted by atomic mass is 16.5. The van der Waals surface area contributed by atoms with E-state index in [-0.39, 0.29) is 0 Å². The first-order valence-electron chi connectivity index (χ1n) is 5.29. The molecule has 76 valence electrons. The van der Waals surface area contributed by atoms with Crippen molar-refractivity contribution in [3.05, 3.63) is 54.4 Å². The lowest BCUT2D eigenvalue weighted by atomic mass is 10.0. The average Bonchev–Trinajstić information content (AvgIpc) is 2.82. The van der Waals surface area contributed by atoms with Gasteiger partial charge in [0.25, 0.3) is 0 Å². The van der Waals surface area contributed by atoms with E-state index in [1.807, 2.05) is 12.1 Å². The molecule has 0 bridgehead atoms. The predicted octanol–water partition coefficient (Wildman–Crippen LogP) is 2.86. The zero-order valence-electron chi connectivity index (χ0n) is 8.47. The van der Waals surface area contributed by atoms with Crippen LogP contribution in [-0.4, -0.2) is 11.2 Å². The maximum Gasteiger partial charge on any atom is 0.124 e. The highest BCUT2D eigenvalue weighted by molar-refractivity contribution is 5.37. The van der Waals surface area contributed by atoms with Crippen molar-refractivity contribution in [2.45, 2.75) is 12.5 Å². The fraction of sp³-hybridized carbons (Fsp3) is 0.231. The number of aromatic nitrogens is 1. The fourth-order valence-corrected chi connectivity index (χ4v) is 2.19. The Labute approximate surface area is 89.1 Å². The van der Waals surface area contributed by atoms with Gasteiger partial charge in [-0.05, 0) is 18.2 Å². The topological polar surface area (TPSA) is 14.2 Å². The van der Waals surface area contributed by atoms with Gasteiger partial charge in [0.05, 0.1) is 12.6 Å². The van der Waals surface area contributed by atoms with Crippen LogP contribution in [0.2, 0.25) is 0 Å². The van der Waals surface area contributed by atoms with Crippen molar-refractivity contribution in [2.75, 3.05) is 6.61 Å². The van der Waals surface area contributed by atoms with Crippen molar-refractivity contribution in [2.24, 2.45) is 0 Å². The minimum absolute atomic E-state index is 0.435. The normalized spacial score (nSPS) is 19.3. The van der Waals surface area contributed by atoms with Gasteiger partial charge < -0.3 is 9.30 Å². The van der Waals surface area contributed by atoms with Crippen molar-refractivity contribution in [1.82, 2.24) is 4.57 Å². The molecule has 0 N–H and O–H groups in total. The molecule has 0 radical (unpaired) electrons. The summed E-state index contributed by atoms with van der Waals surface area (Å²) in [4.78, 5) is 0. The number of ether oxygens (including phenoxy) is 1. The van der Waals surface area contributed by atoms with E-state index >= 15 is 0 Å². The lowest BCUT2D eigenvalue weighted by Crippen LogP contribution is -2.19. The average molecular weight is 199 g/mol. The van der Waals surface area contributed by atoms with Gasteiger partial charge in [-0.2, -0.15) is 0 Å². The van der Waals surface area contributed by atoms with Crippen LogP contribution in [0.25, 0.3) is 0 Å². The smallest absolute Gasteiger partial charge is 0.124 e. The van der Waals surface area contributed by atoms with Gasteiger partial charge in [0.2, 0.25) is 0 Å². The molecule has 1 aliphatic heterocycles. The number of nitrogens with zero attached hydrogens (tertiary/aromatic N) is 1. The fourth-order valence-electron chi connectivity index (χ4n) is 2.19. The number of rotatable bonds is 1. The molecular formula is C13H13NO. The Kier molecular flexibility index (Phi) is 1.98. The zero-order valence-corrected chi connectivity index (χ0v) is 8.47. The van der Waals surface area contributed by atoms with Crippen molar-refractivity contribution in [1.29, 1.82) is 0 Å². The van der Waals surface area contributed by atoms with Crippen molar-refractivity contribution in [3.63, 3.8) is 0 Å². The minimum atomic E-state index is 0.435. The monoisotopic (exact) mass is 199 g/mol. The number of fused-ring (bicyclic) bond motifs is 1. The van der Waals surface area contributed by atoms with E-state index in [4.69, 9.17) is 4.74 Å². The molecule has 0 amide bonds. The summed E-state index contributed by atoms with van der Waals surface area (Å²) in [5.74, 6) is 1.03. The van der Waals surface area contributed by atoms with E-state index in [1.165, 1.54) is 5.56 Å². The van der Waals surface area contributed by atoms with Crippen LogP contribution < -0.4 is 4.74 Å². The van der Waals surface area contributed by atoms with Crippen LogP contribution in [0.1, 0.15) is 18.0 Å². The van der Waals surface area contributed by atoms with Gasteiger partial charge in [-0.1, -0.05) is 18.2 Å². The van der Waals surface area contributed by atoms with Crippen LogP contribution in [0.3, 0.4) is 0 Å². The predicted molar refractivity (Wildman–Crippen MR) is 59.1 cm³/mol. The van der Waals surface area contributed by atoms with Gasteiger partial charge >= 0.3 is 0 Å². The van der Waals surface area contributed by atoms with E-state index in [9.17, 15) is 0 Å². The van der Waals surface area contributed by atoms with Crippen LogP contribution in [-0.2, 0) is 0 Å². The lowest BCUT2D eigenvalue weighted by molar-refractivity contribution is 0.256. The molecule has 15 heavy (non-hydrogen) atoms. The van der Waals surface area contributed by atoms with E-state index in [0.717, 1.165) is 18.8 Å². The molecular weight excluding hydrogens is 186 g/mol. The molecule has 2 heterocycles. The zero-order chi connectivity index (χ0) is 10.1. The van der Waals surface area contributed by atoms with Crippen LogP contribution in [0, 0.1) is 0 Å². The first-order valence-corrected chi connectivity index (χ1v) is 5.29. The maximum atomic E-state index is 5.64. The quantitative estimate of drug-likeness (QED) is 0.688. The summed E-state index contributed by atoms with van der Waals surface area (Å²) in [5.41, 5.74) is 1.29. The number of hydrogen-bond donors (Lipinski definition) is 0. The van der Waals surface area contributed by atoms with E-state index in [2.05, 4.69) is 41.2 Å². The van der Waals surface area contributed by atoms with Gasteiger partial charge in [-0.25, -0.2) is 0 Å². The second-order valence-corrected chi connectivity index (χ2v) is 3.82. The Morgan fingerprint density at radius 1 is 1.07 bits per heavy atom. The van der Waals surface area contributed by atoms with Gasteiger partial charge in [0, 0.05) is 24.4 Å². The largest absolute Gasteiger partial charge is 0.493 e. The third-order valence-corrected chi connectivity index (χ3v) is 2.91. The molecule has 1 aromatic heterocycles. The molecule has 0 aliphatic carbocycles. The maximum absolute atomic E-state index is 5.64. The first kappa shape index (κ1) is 8.60. The molecule has 0 fully saturated rings. The summed E-state index contributed by atoms with van der Waals surface area (Å²) >= 11 is 0. The van der Waals surface area contributed by atoms with Gasteiger partial charge in [0.15, 0.2) is 0 Å². The second kappa shape index (κ2) is 3.46. The highest BCUT2D eigenvalue weighted by Gasteiger charge is 2.21. The summed E-state index contributed by atoms with van der Waals surface area (Å²) in [5, 5.41) is 0. The molecule has 1 atom stereocenters. The Hall–Kier alpha value is -1.70. The third-order valence-electron chi connectivity index (χ3n) is 2.91. The molecule has 0 saturated carbocycles. The Bertz CT molecular complexity index is 447. The van der Waals surface area contributed by atoms with Crippen molar-refractivity contribution < 1.29 is 4.74 Å². The van der Waals surface area contributed by atoms with E-state index in [1.54, 1.807) is 0 Å². The molecule has 2 aromatic rings. The Balaban J connectivity index is 2.06. The minimum Gasteiger partial charge on any atom is -0.493 e. The van der Waals surface area contributed by atoms with Crippen molar-refractivity contribution >= 4 is 0 Å². The molecule has 1 aromatic carbocycles. The Morgan fingerprint density at radius 3 is 2.73 bits per heavy atom. The number of hydrogen-bond acceptors (Lipinski definition) is 1. The molecule has 3 rings (SSSR count). The highest BCUT2D eigenvalue weighted by Crippen LogP contribution is 2.34. The lowest BCUT2D eigenvalue weighted by Gasteiger charge is -2.27. The van der Waals surface area contributed by atoms with Crippen LogP contribution in [0.5, 0.6) is 5.75 Å². The number of benzene rings is 1. The molecule has 0 saturated heterocycles. The molecule has 2 heteroatoms. The molecule has 0 spiro atoms. The Morgan fingerprint density at radius 2 is 1.87 bits per heavy atom. The standard InChI is InChI=1S/C13H13NO/c1-2-6-13-11(5-1)12(7-10-15-13)14-8-3-4-9-14/h1-6,8-9,12H,7,10H2. The summed E-state index contributed by atoms with van der Waals surface area (Å²) in [6.45, 7) is 0.805. The van der Waals surface area contributed by atoms with Crippen LogP contribution >= 0.6 is 0 Å². The molecule has 2 nitrogen and oxygen atoms in total. The molecule has 1 unspecified atom stereocenters. The summed E-state index contributed by atoms with van der Waals surface area (Å²) in [6, 6.07) is 12.9. The second-order valence-electron chi connectivity index (χ2n) is 3.82. The van der Waals surface area contributed by atoms with Crippen LogP contribution in [0.15, 0.2) is 48.8 Å². The summed E-state index contributed by atoms with van der Waals surface area (Å²) in [6.07, 6.45) is 5.28.